The molecule has 3 N–H and O–H groups in total. The number of carbonyl (C=O) groups is 3. The van der Waals surface area contributed by atoms with Gasteiger partial charge in [-0.25, -0.2) is 9.78 Å². The van der Waals surface area contributed by atoms with Crippen LogP contribution in [0.4, 0.5) is 24.5 Å². The molecule has 2 aliphatic heterocycles. The van der Waals surface area contributed by atoms with Gasteiger partial charge in [0.25, 0.3) is 5.91 Å². The molecule has 4 fully saturated rings. The van der Waals surface area contributed by atoms with E-state index in [9.17, 15) is 32.3 Å². The van der Waals surface area contributed by atoms with E-state index in [0.717, 1.165) is 99.7 Å². The largest absolute Gasteiger partial charge is 0.494 e. The molecule has 2 saturated heterocycles. The number of nitrogens with one attached hydrogen (secondary N) is 3. The summed E-state index contributed by atoms with van der Waals surface area (Å²) in [6, 6.07) is 12.3. The first-order valence-electron chi connectivity index (χ1n) is 20.7. The molecule has 17 heteroatoms. The number of likely N-dealkylation sites (tertiary alicyclic amines) is 1. The summed E-state index contributed by atoms with van der Waals surface area (Å²) < 4.78 is 50.2. The highest BCUT2D eigenvalue weighted by Gasteiger charge is 2.46. The monoisotopic (exact) mass is 827 g/mol. The van der Waals surface area contributed by atoms with Crippen LogP contribution in [0.5, 0.6) is 5.75 Å². The van der Waals surface area contributed by atoms with E-state index in [2.05, 4.69) is 25.8 Å². The highest BCUT2D eigenvalue weighted by atomic mass is 19.4. The van der Waals surface area contributed by atoms with Crippen molar-refractivity contribution < 1.29 is 32.3 Å². The zero-order valence-electron chi connectivity index (χ0n) is 33.6. The Kier molecular flexibility index (Phi) is 10.2. The fraction of sp³-hybridized carbons (Fsp3) is 0.488. The zero-order valence-corrected chi connectivity index (χ0v) is 33.6. The molecule has 2 aromatic carbocycles. The van der Waals surface area contributed by atoms with Crippen LogP contribution >= 0.6 is 0 Å². The molecule has 1 atom stereocenters. The first-order valence-corrected chi connectivity index (χ1v) is 20.7. The van der Waals surface area contributed by atoms with E-state index in [1.54, 1.807) is 23.7 Å². The Hall–Kier alpha value is -5.71. The number of carbonyl (C=O) groups excluding carboxylic acids is 3. The first-order chi connectivity index (χ1) is 28.8. The van der Waals surface area contributed by atoms with Crippen molar-refractivity contribution in [1.29, 1.82) is 0 Å². The maximum absolute atomic E-state index is 13.4. The number of para-hydroxylation sites is 1. The number of ether oxygens (including phenoxy) is 1. The lowest BCUT2D eigenvalue weighted by molar-refractivity contribution is -0.141. The summed E-state index contributed by atoms with van der Waals surface area (Å²) >= 11 is 0. The van der Waals surface area contributed by atoms with Crippen molar-refractivity contribution in [2.75, 3.05) is 37.4 Å². The lowest BCUT2D eigenvalue weighted by atomic mass is 9.60. The van der Waals surface area contributed by atoms with Gasteiger partial charge in [0.2, 0.25) is 11.8 Å². The van der Waals surface area contributed by atoms with Crippen LogP contribution in [0.25, 0.3) is 21.9 Å². The van der Waals surface area contributed by atoms with Gasteiger partial charge >= 0.3 is 11.9 Å². The van der Waals surface area contributed by atoms with Crippen LogP contribution in [0, 0.1) is 11.3 Å². The van der Waals surface area contributed by atoms with E-state index in [0.29, 0.717) is 46.3 Å². The molecule has 14 nitrogen and oxygen atoms in total. The maximum Gasteiger partial charge on any atom is 0.433 e. The predicted molar refractivity (Wildman–Crippen MR) is 218 cm³/mol. The molecule has 316 valence electrons. The van der Waals surface area contributed by atoms with Gasteiger partial charge in [-0.2, -0.15) is 18.3 Å². The van der Waals surface area contributed by atoms with Crippen LogP contribution in [-0.4, -0.2) is 79.3 Å². The Balaban J connectivity index is 0.763. The van der Waals surface area contributed by atoms with Crippen LogP contribution in [0.2, 0.25) is 0 Å². The van der Waals surface area contributed by atoms with E-state index in [1.807, 2.05) is 29.1 Å². The fourth-order valence-electron chi connectivity index (χ4n) is 10.1. The molecule has 1 unspecified atom stereocenters. The number of aromatic nitrogens is 5. The van der Waals surface area contributed by atoms with Crippen LogP contribution in [0.3, 0.4) is 0 Å². The molecule has 0 bridgehead atoms. The number of imidazole rings is 1. The van der Waals surface area contributed by atoms with Crippen LogP contribution in [0.15, 0.2) is 59.5 Å². The molecular formula is C43H48F3N9O5. The maximum atomic E-state index is 13.4. The fourth-order valence-corrected chi connectivity index (χ4v) is 10.1. The number of fused-ring (bicyclic) bond motifs is 2. The zero-order chi connectivity index (χ0) is 41.9. The number of alkyl halides is 3. The summed E-state index contributed by atoms with van der Waals surface area (Å²) in [6.45, 7) is 3.26. The molecule has 1 spiro atoms. The molecule has 5 heterocycles. The average Bonchev–Trinajstić information content (AvgIpc) is 3.75. The van der Waals surface area contributed by atoms with Gasteiger partial charge in [-0.1, -0.05) is 12.1 Å². The SMILES string of the molecule is COc1cc2nn([C@H]3CC[C@H](CN4CCC5(CC4)CC(Nc4cccc6c4n(C)c(=O)n6C4CCC(=O)NC4=O)C5)CC3)cc2cc1NC(=O)c1cccc(C(F)(F)F)n1. The van der Waals surface area contributed by atoms with Gasteiger partial charge in [0, 0.05) is 43.7 Å². The topological polar surface area (TPSA) is 157 Å². The summed E-state index contributed by atoms with van der Waals surface area (Å²) in [4.78, 5) is 56.8. The third-order valence-corrected chi connectivity index (χ3v) is 13.3. The van der Waals surface area contributed by atoms with Crippen molar-refractivity contribution in [2.45, 2.75) is 88.5 Å². The van der Waals surface area contributed by atoms with Gasteiger partial charge < -0.3 is 20.3 Å². The van der Waals surface area contributed by atoms with Crippen LogP contribution in [0.1, 0.15) is 92.5 Å². The Morgan fingerprint density at radius 2 is 1.73 bits per heavy atom. The van der Waals surface area contributed by atoms with Gasteiger partial charge in [0.05, 0.1) is 41.1 Å². The standard InChI is InChI=1S/C43H48F3N9O5/c1-52-38-29(5-3-7-33(38)55(41(52)59)34-13-14-37(56)50-40(34)58)47-27-21-42(22-27)15-17-53(18-16-42)23-25-9-11-28(12-10-25)54-24-26-19-32(35(60-2)20-31(26)51-54)49-39(57)30-6-4-8-36(48-30)43(44,45)46/h3-8,19-20,24-25,27-28,34,47H,9-18,21-23H2,1-2H3,(H,49,57)(H,50,56,58)/t25-,28-,34?. The van der Waals surface area contributed by atoms with Gasteiger partial charge in [0.1, 0.15) is 23.2 Å². The van der Waals surface area contributed by atoms with Crippen molar-refractivity contribution in [2.24, 2.45) is 18.4 Å². The van der Waals surface area contributed by atoms with Crippen molar-refractivity contribution in [3.63, 3.8) is 0 Å². The summed E-state index contributed by atoms with van der Waals surface area (Å²) in [5, 5.41) is 14.4. The summed E-state index contributed by atoms with van der Waals surface area (Å²) in [5.41, 5.74) is 1.93. The molecule has 60 heavy (non-hydrogen) atoms. The quantitative estimate of drug-likeness (QED) is 0.143. The lowest BCUT2D eigenvalue weighted by Crippen LogP contribution is -2.52. The number of piperidine rings is 2. The molecule has 3 aromatic heterocycles. The Bertz CT molecular complexity index is 2540. The number of imide groups is 1. The minimum Gasteiger partial charge on any atom is -0.494 e. The number of aryl methyl sites for hydroxylation is 1. The number of anilines is 2. The number of benzene rings is 2. The summed E-state index contributed by atoms with van der Waals surface area (Å²) in [7, 11) is 3.19. The number of pyridine rings is 1. The first kappa shape index (κ1) is 39.7. The normalized spacial score (nSPS) is 22.5. The van der Waals surface area contributed by atoms with Gasteiger partial charge in [-0.3, -0.25) is 33.5 Å². The number of amides is 3. The minimum atomic E-state index is -4.67. The Morgan fingerprint density at radius 1 is 0.983 bits per heavy atom. The molecule has 5 aromatic rings. The second kappa shape index (κ2) is 15.4. The van der Waals surface area contributed by atoms with Crippen molar-refractivity contribution >= 4 is 51.0 Å². The number of hydrogen-bond acceptors (Lipinski definition) is 9. The van der Waals surface area contributed by atoms with Crippen molar-refractivity contribution in [1.82, 2.24) is 34.1 Å². The highest BCUT2D eigenvalue weighted by molar-refractivity contribution is 6.05. The summed E-state index contributed by atoms with van der Waals surface area (Å²) in [5.74, 6) is -0.561. The van der Waals surface area contributed by atoms with Crippen molar-refractivity contribution in [3.05, 3.63) is 76.6 Å². The second-order valence-electron chi connectivity index (χ2n) is 17.2. The third-order valence-electron chi connectivity index (χ3n) is 13.3. The second-order valence-corrected chi connectivity index (χ2v) is 17.2. The van der Waals surface area contributed by atoms with E-state index in [-0.39, 0.29) is 29.8 Å². The molecule has 2 saturated carbocycles. The van der Waals surface area contributed by atoms with E-state index in [1.165, 1.54) is 17.7 Å². The minimum absolute atomic E-state index is 0.203. The predicted octanol–water partition coefficient (Wildman–Crippen LogP) is 6.43. The smallest absolute Gasteiger partial charge is 0.433 e. The van der Waals surface area contributed by atoms with E-state index >= 15 is 0 Å². The molecule has 9 rings (SSSR count). The Labute approximate surface area is 343 Å². The molecule has 3 amide bonds. The van der Waals surface area contributed by atoms with Gasteiger partial charge in [-0.15, -0.1) is 0 Å². The molecule has 4 aliphatic rings. The molecule has 0 radical (unpaired) electrons. The number of methoxy groups -OCH3 is 1. The molecule has 2 aliphatic carbocycles. The number of hydrogen-bond donors (Lipinski definition) is 3. The Morgan fingerprint density at radius 3 is 2.45 bits per heavy atom. The van der Waals surface area contributed by atoms with E-state index in [4.69, 9.17) is 9.84 Å². The highest BCUT2D eigenvalue weighted by Crippen LogP contribution is 2.50. The van der Waals surface area contributed by atoms with Crippen LogP contribution in [-0.2, 0) is 22.8 Å². The van der Waals surface area contributed by atoms with Crippen molar-refractivity contribution in [3.8, 4) is 5.75 Å². The summed E-state index contributed by atoms with van der Waals surface area (Å²) in [6.07, 6.45) is 6.49. The van der Waals surface area contributed by atoms with Gasteiger partial charge in [0.15, 0.2) is 0 Å². The average molecular weight is 828 g/mol. The van der Waals surface area contributed by atoms with Gasteiger partial charge in [-0.05, 0) is 113 Å². The number of halogens is 3. The van der Waals surface area contributed by atoms with E-state index < -0.39 is 29.7 Å². The molecular weight excluding hydrogens is 780 g/mol. The number of nitrogens with zero attached hydrogens (tertiary/aromatic N) is 6. The van der Waals surface area contributed by atoms with Crippen LogP contribution < -0.4 is 26.4 Å². The lowest BCUT2D eigenvalue weighted by Gasteiger charge is -2.53. The third kappa shape index (κ3) is 7.52. The number of rotatable bonds is 9.